The van der Waals surface area contributed by atoms with E-state index in [1.54, 1.807) is 6.08 Å². The molecule has 0 amide bonds. The largest absolute Gasteiger partial charge is 0.459 e. The van der Waals surface area contributed by atoms with E-state index < -0.39 is 0 Å². The smallest absolute Gasteiger partial charge is 0.330 e. The Labute approximate surface area is 163 Å². The number of esters is 1. The van der Waals surface area contributed by atoms with Crippen LogP contribution in [0.1, 0.15) is 129 Å². The van der Waals surface area contributed by atoms with Gasteiger partial charge in [0.2, 0.25) is 0 Å². The van der Waals surface area contributed by atoms with Crippen molar-refractivity contribution in [1.29, 1.82) is 0 Å². The summed E-state index contributed by atoms with van der Waals surface area (Å²) < 4.78 is 5.48. The Bertz CT molecular complexity index is 342. The van der Waals surface area contributed by atoms with Crippen LogP contribution in [0.2, 0.25) is 0 Å². The van der Waals surface area contributed by atoms with Crippen molar-refractivity contribution in [1.82, 2.24) is 0 Å². The van der Waals surface area contributed by atoms with E-state index in [0.29, 0.717) is 0 Å². The van der Waals surface area contributed by atoms with Crippen molar-refractivity contribution in [2.45, 2.75) is 135 Å². The predicted octanol–water partition coefficient (Wildman–Crippen LogP) is 7.90. The maximum Gasteiger partial charge on any atom is 0.330 e. The molecule has 1 aliphatic rings. The van der Waals surface area contributed by atoms with E-state index in [0.717, 1.165) is 19.3 Å². The Kier molecular flexibility index (Phi) is 15.8. The lowest BCUT2D eigenvalue weighted by Gasteiger charge is -2.20. The highest BCUT2D eigenvalue weighted by molar-refractivity contribution is 5.82. The molecule has 0 atom stereocenters. The lowest BCUT2D eigenvalue weighted by molar-refractivity contribution is -0.144. The van der Waals surface area contributed by atoms with Gasteiger partial charge in [0.05, 0.1) is 0 Å². The molecule has 0 heterocycles. The monoisotopic (exact) mass is 364 g/mol. The van der Waals surface area contributed by atoms with E-state index in [4.69, 9.17) is 4.74 Å². The van der Waals surface area contributed by atoms with Crippen molar-refractivity contribution < 1.29 is 9.53 Å². The van der Waals surface area contributed by atoms with Crippen LogP contribution in [0, 0.1) is 0 Å². The Hall–Kier alpha value is -0.790. The first-order valence-electron chi connectivity index (χ1n) is 11.7. The molecule has 0 spiro atoms. The zero-order valence-corrected chi connectivity index (χ0v) is 17.5. The molecule has 0 aromatic heterocycles. The average molecular weight is 365 g/mol. The normalized spacial score (nSPS) is 15.6. The first-order valence-corrected chi connectivity index (χ1v) is 11.7. The molecule has 1 rings (SSSR count). The van der Waals surface area contributed by atoms with Gasteiger partial charge in [0.1, 0.15) is 6.10 Å². The molecule has 1 fully saturated rings. The summed E-state index contributed by atoms with van der Waals surface area (Å²) in [5.41, 5.74) is 0. The van der Waals surface area contributed by atoms with E-state index in [9.17, 15) is 4.79 Å². The summed E-state index contributed by atoms with van der Waals surface area (Å²) in [4.78, 5) is 11.7. The zero-order valence-electron chi connectivity index (χ0n) is 17.5. The third kappa shape index (κ3) is 14.4. The molecule has 0 aromatic rings. The number of hydrogen-bond acceptors (Lipinski definition) is 2. The van der Waals surface area contributed by atoms with Gasteiger partial charge in [-0.05, 0) is 38.5 Å². The fraction of sp³-hybridized carbons (Fsp3) is 0.875. The summed E-state index contributed by atoms with van der Waals surface area (Å²) in [5.74, 6) is -0.133. The molecular weight excluding hydrogens is 320 g/mol. The lowest BCUT2D eigenvalue weighted by Crippen LogP contribution is -2.19. The Morgan fingerprint density at radius 3 is 1.81 bits per heavy atom. The molecule has 0 saturated heterocycles. The molecule has 2 heteroatoms. The van der Waals surface area contributed by atoms with Gasteiger partial charge < -0.3 is 4.74 Å². The number of ether oxygens (including phenoxy) is 1. The first-order chi connectivity index (χ1) is 12.8. The second-order valence-electron chi connectivity index (χ2n) is 8.13. The molecule has 0 aliphatic heterocycles. The van der Waals surface area contributed by atoms with Crippen LogP contribution in [0.15, 0.2) is 12.2 Å². The number of rotatable bonds is 16. The highest BCUT2D eigenvalue weighted by atomic mass is 16.5. The SMILES string of the molecule is CCCCCCCCCCCCCCC/C=C/C(=O)OC1CCCCC1. The molecule has 0 N–H and O–H groups in total. The van der Waals surface area contributed by atoms with Crippen molar-refractivity contribution in [3.63, 3.8) is 0 Å². The standard InChI is InChI=1S/C24H44O2/c1-2-3-4-5-6-7-8-9-10-11-12-13-14-15-19-22-24(25)26-23-20-17-16-18-21-23/h19,22-23H,2-18,20-21H2,1H3/b22-19+. The number of carbonyl (C=O) groups excluding carboxylic acids is 1. The second-order valence-corrected chi connectivity index (χ2v) is 8.13. The number of allylic oxidation sites excluding steroid dienone is 1. The Morgan fingerprint density at radius 1 is 0.769 bits per heavy atom. The van der Waals surface area contributed by atoms with Gasteiger partial charge in [0.25, 0.3) is 0 Å². The van der Waals surface area contributed by atoms with Crippen molar-refractivity contribution in [3.8, 4) is 0 Å². The topological polar surface area (TPSA) is 26.3 Å². The van der Waals surface area contributed by atoms with Gasteiger partial charge in [0, 0.05) is 6.08 Å². The van der Waals surface area contributed by atoms with E-state index in [1.807, 2.05) is 6.08 Å². The van der Waals surface area contributed by atoms with Crippen molar-refractivity contribution in [2.24, 2.45) is 0 Å². The summed E-state index contributed by atoms with van der Waals surface area (Å²) in [7, 11) is 0. The van der Waals surface area contributed by atoms with Gasteiger partial charge in [-0.15, -0.1) is 0 Å². The van der Waals surface area contributed by atoms with Gasteiger partial charge in [-0.2, -0.15) is 0 Å². The summed E-state index contributed by atoms with van der Waals surface area (Å²) in [5, 5.41) is 0. The maximum atomic E-state index is 11.7. The number of hydrogen-bond donors (Lipinski definition) is 0. The quantitative estimate of drug-likeness (QED) is 0.158. The molecule has 26 heavy (non-hydrogen) atoms. The summed E-state index contributed by atoms with van der Waals surface area (Å²) in [6.45, 7) is 2.28. The van der Waals surface area contributed by atoms with Crippen LogP contribution in [0.25, 0.3) is 0 Å². The fourth-order valence-electron chi connectivity index (χ4n) is 3.85. The minimum Gasteiger partial charge on any atom is -0.459 e. The van der Waals surface area contributed by atoms with E-state index in [-0.39, 0.29) is 12.1 Å². The highest BCUT2D eigenvalue weighted by Gasteiger charge is 2.15. The number of carbonyl (C=O) groups is 1. The third-order valence-corrected chi connectivity index (χ3v) is 5.56. The van der Waals surface area contributed by atoms with Gasteiger partial charge >= 0.3 is 5.97 Å². The van der Waals surface area contributed by atoms with Crippen LogP contribution in [-0.4, -0.2) is 12.1 Å². The van der Waals surface area contributed by atoms with Crippen molar-refractivity contribution in [3.05, 3.63) is 12.2 Å². The molecule has 0 bridgehead atoms. The van der Waals surface area contributed by atoms with Crippen molar-refractivity contribution in [2.75, 3.05) is 0 Å². The molecule has 2 nitrogen and oxygen atoms in total. The second kappa shape index (κ2) is 17.6. The Balaban J connectivity index is 1.79. The molecule has 1 aliphatic carbocycles. The molecule has 0 radical (unpaired) electrons. The lowest BCUT2D eigenvalue weighted by atomic mass is 9.98. The molecule has 1 saturated carbocycles. The number of unbranched alkanes of at least 4 members (excludes halogenated alkanes) is 13. The van der Waals surface area contributed by atoms with Gasteiger partial charge in [-0.3, -0.25) is 0 Å². The fourth-order valence-corrected chi connectivity index (χ4v) is 3.85. The molecule has 0 unspecified atom stereocenters. The van der Waals surface area contributed by atoms with E-state index in [1.165, 1.54) is 103 Å². The van der Waals surface area contributed by atoms with E-state index >= 15 is 0 Å². The van der Waals surface area contributed by atoms with Crippen LogP contribution in [0.4, 0.5) is 0 Å². The van der Waals surface area contributed by atoms with E-state index in [2.05, 4.69) is 6.92 Å². The molecular formula is C24H44O2. The summed E-state index contributed by atoms with van der Waals surface area (Å²) in [6.07, 6.45) is 28.6. The van der Waals surface area contributed by atoms with Crippen LogP contribution < -0.4 is 0 Å². The predicted molar refractivity (Wildman–Crippen MR) is 112 cm³/mol. The third-order valence-electron chi connectivity index (χ3n) is 5.56. The minimum atomic E-state index is -0.133. The molecule has 152 valence electrons. The summed E-state index contributed by atoms with van der Waals surface area (Å²) in [6, 6.07) is 0. The van der Waals surface area contributed by atoms with Crippen molar-refractivity contribution >= 4 is 5.97 Å². The Morgan fingerprint density at radius 2 is 1.27 bits per heavy atom. The highest BCUT2D eigenvalue weighted by Crippen LogP contribution is 2.20. The average Bonchev–Trinajstić information content (AvgIpc) is 2.65. The van der Waals surface area contributed by atoms with Gasteiger partial charge in [0.15, 0.2) is 0 Å². The van der Waals surface area contributed by atoms with Gasteiger partial charge in [-0.25, -0.2) is 4.79 Å². The zero-order chi connectivity index (χ0) is 18.7. The van der Waals surface area contributed by atoms with Crippen LogP contribution in [-0.2, 0) is 9.53 Å². The first kappa shape index (κ1) is 23.2. The summed E-state index contributed by atoms with van der Waals surface area (Å²) >= 11 is 0. The minimum absolute atomic E-state index is 0.133. The maximum absolute atomic E-state index is 11.7. The van der Waals surface area contributed by atoms with Crippen LogP contribution in [0.5, 0.6) is 0 Å². The van der Waals surface area contributed by atoms with Crippen LogP contribution in [0.3, 0.4) is 0 Å². The van der Waals surface area contributed by atoms with Gasteiger partial charge in [-0.1, -0.05) is 96.5 Å². The van der Waals surface area contributed by atoms with Crippen LogP contribution >= 0.6 is 0 Å². The molecule has 0 aromatic carbocycles.